The van der Waals surface area contributed by atoms with E-state index in [-0.39, 0.29) is 12.3 Å². The second-order valence-electron chi connectivity index (χ2n) is 3.75. The van der Waals surface area contributed by atoms with Crippen LogP contribution < -0.4 is 5.32 Å². The molecule has 1 heterocycles. The standard InChI is InChI=1S/C11H10FNO3/c12-7-3-1-2-6(4-7)10-8(11(15)16)5-9(14)13-10/h1-4,8,10H,5H2,(H,13,14)(H,15,16)/t8-,10?/m0/s1. The third-order valence-corrected chi connectivity index (χ3v) is 2.65. The van der Waals surface area contributed by atoms with Crippen LogP contribution in [0.5, 0.6) is 0 Å². The lowest BCUT2D eigenvalue weighted by Crippen LogP contribution is -2.24. The molecule has 1 fully saturated rings. The number of carbonyl (C=O) groups is 2. The van der Waals surface area contributed by atoms with Gasteiger partial charge in [0.1, 0.15) is 5.82 Å². The zero-order chi connectivity index (χ0) is 11.7. The van der Waals surface area contributed by atoms with E-state index in [1.54, 1.807) is 6.07 Å². The highest BCUT2D eigenvalue weighted by atomic mass is 19.1. The first kappa shape index (κ1) is 10.6. The topological polar surface area (TPSA) is 66.4 Å². The predicted octanol–water partition coefficient (Wildman–Crippen LogP) is 1.09. The van der Waals surface area contributed by atoms with Crippen molar-refractivity contribution in [1.82, 2.24) is 5.32 Å². The highest BCUT2D eigenvalue weighted by Crippen LogP contribution is 2.30. The van der Waals surface area contributed by atoms with Crippen LogP contribution in [-0.4, -0.2) is 17.0 Å². The maximum absolute atomic E-state index is 13.0. The van der Waals surface area contributed by atoms with Gasteiger partial charge in [0.15, 0.2) is 0 Å². The molecule has 2 rings (SSSR count). The number of carboxylic acid groups (broad SMARTS) is 1. The molecule has 0 aliphatic carbocycles. The summed E-state index contributed by atoms with van der Waals surface area (Å²) >= 11 is 0. The Balaban J connectivity index is 2.32. The molecule has 1 amide bonds. The molecule has 0 saturated carbocycles. The van der Waals surface area contributed by atoms with Crippen LogP contribution in [0.2, 0.25) is 0 Å². The summed E-state index contributed by atoms with van der Waals surface area (Å²) in [5.41, 5.74) is 0.484. The summed E-state index contributed by atoms with van der Waals surface area (Å²) in [5, 5.41) is 11.5. The summed E-state index contributed by atoms with van der Waals surface area (Å²) in [6, 6.07) is 4.98. The molecular weight excluding hydrogens is 213 g/mol. The van der Waals surface area contributed by atoms with Gasteiger partial charge in [0.05, 0.1) is 12.0 Å². The number of aliphatic carboxylic acids is 1. The van der Waals surface area contributed by atoms with Crippen molar-refractivity contribution in [1.29, 1.82) is 0 Å². The normalized spacial score (nSPS) is 24.2. The largest absolute Gasteiger partial charge is 0.481 e. The van der Waals surface area contributed by atoms with Crippen LogP contribution in [0, 0.1) is 11.7 Å². The first-order valence-electron chi connectivity index (χ1n) is 4.85. The first-order chi connectivity index (χ1) is 7.58. The van der Waals surface area contributed by atoms with E-state index in [1.807, 2.05) is 0 Å². The lowest BCUT2D eigenvalue weighted by atomic mass is 9.94. The Morgan fingerprint density at radius 3 is 2.88 bits per heavy atom. The smallest absolute Gasteiger partial charge is 0.309 e. The minimum atomic E-state index is -1.05. The molecule has 1 saturated heterocycles. The Bertz CT molecular complexity index is 447. The molecule has 0 spiro atoms. The second kappa shape index (κ2) is 3.92. The van der Waals surface area contributed by atoms with Crippen LogP contribution in [0.4, 0.5) is 4.39 Å². The van der Waals surface area contributed by atoms with Gasteiger partial charge >= 0.3 is 5.97 Å². The van der Waals surface area contributed by atoms with Gasteiger partial charge < -0.3 is 10.4 Å². The number of benzene rings is 1. The molecule has 0 bridgehead atoms. The van der Waals surface area contributed by atoms with Crippen molar-refractivity contribution >= 4 is 11.9 Å². The van der Waals surface area contributed by atoms with E-state index in [1.165, 1.54) is 18.2 Å². The van der Waals surface area contributed by atoms with Crippen molar-refractivity contribution < 1.29 is 19.1 Å². The summed E-state index contributed by atoms with van der Waals surface area (Å²) < 4.78 is 13.0. The summed E-state index contributed by atoms with van der Waals surface area (Å²) in [4.78, 5) is 22.1. The number of halogens is 1. The summed E-state index contributed by atoms with van der Waals surface area (Å²) in [6.07, 6.45) is -0.0590. The quantitative estimate of drug-likeness (QED) is 0.788. The van der Waals surface area contributed by atoms with Crippen molar-refractivity contribution in [2.24, 2.45) is 5.92 Å². The molecule has 5 heteroatoms. The molecule has 4 nitrogen and oxygen atoms in total. The van der Waals surface area contributed by atoms with Gasteiger partial charge in [0, 0.05) is 6.42 Å². The minimum Gasteiger partial charge on any atom is -0.481 e. The fourth-order valence-electron chi connectivity index (χ4n) is 1.90. The molecule has 84 valence electrons. The Hall–Kier alpha value is -1.91. The van der Waals surface area contributed by atoms with Crippen LogP contribution in [-0.2, 0) is 9.59 Å². The van der Waals surface area contributed by atoms with E-state index < -0.39 is 23.7 Å². The highest BCUT2D eigenvalue weighted by Gasteiger charge is 2.38. The van der Waals surface area contributed by atoms with E-state index in [0.29, 0.717) is 5.56 Å². The van der Waals surface area contributed by atoms with E-state index in [9.17, 15) is 14.0 Å². The van der Waals surface area contributed by atoms with E-state index in [4.69, 9.17) is 5.11 Å². The number of nitrogens with one attached hydrogen (secondary N) is 1. The third-order valence-electron chi connectivity index (χ3n) is 2.65. The van der Waals surface area contributed by atoms with Gasteiger partial charge in [-0.25, -0.2) is 4.39 Å². The molecular formula is C11H10FNO3. The predicted molar refractivity (Wildman–Crippen MR) is 53.0 cm³/mol. The highest BCUT2D eigenvalue weighted by molar-refractivity contribution is 5.87. The lowest BCUT2D eigenvalue weighted by Gasteiger charge is -2.15. The van der Waals surface area contributed by atoms with Gasteiger partial charge in [-0.05, 0) is 17.7 Å². The third kappa shape index (κ3) is 1.88. The molecule has 2 N–H and O–H groups in total. The Kier molecular flexibility index (Phi) is 2.60. The van der Waals surface area contributed by atoms with Crippen LogP contribution in [0.25, 0.3) is 0 Å². The molecule has 16 heavy (non-hydrogen) atoms. The number of amides is 1. The lowest BCUT2D eigenvalue weighted by molar-refractivity contribution is -0.142. The molecule has 2 atom stereocenters. The zero-order valence-electron chi connectivity index (χ0n) is 8.31. The molecule has 1 unspecified atom stereocenters. The van der Waals surface area contributed by atoms with Gasteiger partial charge in [-0.2, -0.15) is 0 Å². The van der Waals surface area contributed by atoms with Gasteiger partial charge in [0.2, 0.25) is 5.91 Å². The van der Waals surface area contributed by atoms with E-state index in [0.717, 1.165) is 0 Å². The SMILES string of the molecule is O=C1C[C@H](C(=O)O)C(c2cccc(F)c2)N1. The molecule has 0 radical (unpaired) electrons. The molecule has 1 aromatic carbocycles. The van der Waals surface area contributed by atoms with Crippen LogP contribution in [0.15, 0.2) is 24.3 Å². The summed E-state index contributed by atoms with van der Waals surface area (Å²) in [7, 11) is 0. The fourth-order valence-corrected chi connectivity index (χ4v) is 1.90. The minimum absolute atomic E-state index is 0.0590. The Morgan fingerprint density at radius 1 is 1.50 bits per heavy atom. The van der Waals surface area contributed by atoms with Gasteiger partial charge in [-0.15, -0.1) is 0 Å². The Morgan fingerprint density at radius 2 is 2.25 bits per heavy atom. The average Bonchev–Trinajstić information content (AvgIpc) is 2.60. The second-order valence-corrected chi connectivity index (χ2v) is 3.75. The molecule has 1 aliphatic rings. The van der Waals surface area contributed by atoms with Gasteiger partial charge in [0.25, 0.3) is 0 Å². The monoisotopic (exact) mass is 223 g/mol. The average molecular weight is 223 g/mol. The molecule has 1 aromatic rings. The van der Waals surface area contributed by atoms with Crippen molar-refractivity contribution in [2.45, 2.75) is 12.5 Å². The van der Waals surface area contributed by atoms with Crippen LogP contribution in [0.3, 0.4) is 0 Å². The van der Waals surface area contributed by atoms with Gasteiger partial charge in [-0.1, -0.05) is 12.1 Å². The number of rotatable bonds is 2. The maximum atomic E-state index is 13.0. The number of hydrogen-bond donors (Lipinski definition) is 2. The number of carbonyl (C=O) groups excluding carboxylic acids is 1. The first-order valence-corrected chi connectivity index (χ1v) is 4.85. The van der Waals surface area contributed by atoms with Crippen molar-refractivity contribution in [3.63, 3.8) is 0 Å². The van der Waals surface area contributed by atoms with Crippen LogP contribution >= 0.6 is 0 Å². The molecule has 1 aliphatic heterocycles. The van der Waals surface area contributed by atoms with Gasteiger partial charge in [-0.3, -0.25) is 9.59 Å². The number of carboxylic acids is 1. The van der Waals surface area contributed by atoms with Crippen molar-refractivity contribution in [3.05, 3.63) is 35.6 Å². The molecule has 0 aromatic heterocycles. The summed E-state index contributed by atoms with van der Waals surface area (Å²) in [6.45, 7) is 0. The maximum Gasteiger partial charge on any atom is 0.309 e. The Labute approximate surface area is 91.1 Å². The van der Waals surface area contributed by atoms with Crippen molar-refractivity contribution in [2.75, 3.05) is 0 Å². The zero-order valence-corrected chi connectivity index (χ0v) is 8.31. The fraction of sp³-hybridized carbons (Fsp3) is 0.273. The van der Waals surface area contributed by atoms with Crippen molar-refractivity contribution in [3.8, 4) is 0 Å². The number of hydrogen-bond acceptors (Lipinski definition) is 2. The summed E-state index contributed by atoms with van der Waals surface area (Å²) in [5.74, 6) is -2.63. The van der Waals surface area contributed by atoms with Crippen LogP contribution in [0.1, 0.15) is 18.0 Å². The van der Waals surface area contributed by atoms with E-state index >= 15 is 0 Å². The van der Waals surface area contributed by atoms with E-state index in [2.05, 4.69) is 5.32 Å².